The van der Waals surface area contributed by atoms with Gasteiger partial charge in [0, 0.05) is 15.1 Å². The number of halogens is 3. The maximum Gasteiger partial charge on any atom is 0.0411 e. The van der Waals surface area contributed by atoms with Gasteiger partial charge in [0.05, 0.1) is 0 Å². The van der Waals surface area contributed by atoms with Gasteiger partial charge in [-0.05, 0) is 165 Å². The summed E-state index contributed by atoms with van der Waals surface area (Å²) >= 11 is 17.7. The van der Waals surface area contributed by atoms with E-state index in [2.05, 4.69) is 176 Å². The second-order valence-electron chi connectivity index (χ2n) is 17.9. The molecule has 0 unspecified atom stereocenters. The third-order valence-electron chi connectivity index (χ3n) is 8.48. The summed E-state index contributed by atoms with van der Waals surface area (Å²) in [5.41, 5.74) is 12.2. The fourth-order valence-corrected chi connectivity index (χ4v) is 7.40. The fraction of sp³-hybridized carbons (Fsp3) is 0.444. The van der Waals surface area contributed by atoms with Crippen molar-refractivity contribution in [2.45, 2.75) is 129 Å². The molecule has 0 aliphatic carbocycles. The smallest absolute Gasteiger partial charge is 0.0411 e. The van der Waals surface area contributed by atoms with Crippen molar-refractivity contribution in [3.8, 4) is 0 Å². The molecule has 57 heavy (non-hydrogen) atoms. The lowest BCUT2D eigenvalue weighted by Gasteiger charge is -2.06. The maximum atomic E-state index is 5.93. The van der Waals surface area contributed by atoms with Gasteiger partial charge in [-0.15, -0.1) is 0 Å². The van der Waals surface area contributed by atoms with Gasteiger partial charge in [-0.1, -0.05) is 188 Å². The van der Waals surface area contributed by atoms with Crippen LogP contribution in [-0.2, 0) is 32.1 Å². The Kier molecular flexibility index (Phi) is 25.9. The van der Waals surface area contributed by atoms with Crippen LogP contribution in [0.2, 0.25) is 15.1 Å². The van der Waals surface area contributed by atoms with E-state index in [4.69, 9.17) is 34.8 Å². The summed E-state index contributed by atoms with van der Waals surface area (Å²) in [6.45, 7) is 30.7. The minimum atomic E-state index is 0.697. The van der Waals surface area contributed by atoms with E-state index in [9.17, 15) is 0 Å². The molecule has 0 nitrogen and oxygen atoms in total. The highest BCUT2D eigenvalue weighted by Gasteiger charge is 2.02. The molecule has 0 bridgehead atoms. The minimum Gasteiger partial charge on any atom is -0.0843 e. The van der Waals surface area contributed by atoms with Crippen LogP contribution in [0.3, 0.4) is 0 Å². The molecule has 0 atom stereocenters. The van der Waals surface area contributed by atoms with Gasteiger partial charge < -0.3 is 0 Å². The predicted octanol–water partition coefficient (Wildman–Crippen LogP) is 17.6. The molecule has 5 aromatic carbocycles. The monoisotopic (exact) mass is 828 g/mol. The molecule has 0 heterocycles. The van der Waals surface area contributed by atoms with Crippen molar-refractivity contribution < 1.29 is 0 Å². The third kappa shape index (κ3) is 27.3. The first-order valence-corrected chi connectivity index (χ1v) is 22.2. The van der Waals surface area contributed by atoms with Crippen molar-refractivity contribution in [3.63, 3.8) is 0 Å². The van der Waals surface area contributed by atoms with Gasteiger partial charge in [0.1, 0.15) is 0 Å². The Hall–Kier alpha value is -3.03. The van der Waals surface area contributed by atoms with Gasteiger partial charge in [0.25, 0.3) is 0 Å². The largest absolute Gasteiger partial charge is 0.0843 e. The highest BCUT2D eigenvalue weighted by Crippen LogP contribution is 2.19. The Morgan fingerprint density at radius 3 is 0.842 bits per heavy atom. The number of aryl methyl sites for hydroxylation is 4. The Morgan fingerprint density at radius 1 is 0.298 bits per heavy atom. The minimum absolute atomic E-state index is 0.697. The first kappa shape index (κ1) is 52.0. The summed E-state index contributed by atoms with van der Waals surface area (Å²) in [7, 11) is 0. The van der Waals surface area contributed by atoms with E-state index in [1.165, 1.54) is 62.9 Å². The predicted molar refractivity (Wildman–Crippen MR) is 259 cm³/mol. The van der Waals surface area contributed by atoms with Crippen LogP contribution in [0, 0.1) is 57.3 Å². The highest BCUT2D eigenvalue weighted by atomic mass is 35.5. The molecule has 0 N–H and O–H groups in total. The molecule has 0 radical (unpaired) electrons. The summed E-state index contributed by atoms with van der Waals surface area (Å²) in [6.07, 6.45) is 5.73. The average molecular weight is 831 g/mol. The SMILES string of the molecule is CC(C)Cc1cccc(Cl)c1.Cc1cc(Cl)cc(CC(C)C)c1.Cc1cc(Cl)cc(CC(C)C)c1.Cc1cccc(CC(C)C)c1.Cc1cccc(CC(C)C)c1. The molecular weight excluding hydrogens is 755 g/mol. The topological polar surface area (TPSA) is 0 Å². The van der Waals surface area contributed by atoms with Crippen LogP contribution < -0.4 is 0 Å². The zero-order valence-corrected chi connectivity index (χ0v) is 40.2. The summed E-state index contributed by atoms with van der Waals surface area (Å²) in [4.78, 5) is 0. The number of benzene rings is 5. The molecule has 3 heteroatoms. The molecule has 0 amide bonds. The molecule has 0 saturated heterocycles. The average Bonchev–Trinajstić information content (AvgIpc) is 3.04. The molecule has 0 fully saturated rings. The van der Waals surface area contributed by atoms with Crippen LogP contribution in [0.5, 0.6) is 0 Å². The Bertz CT molecular complexity index is 1610. The fourth-order valence-electron chi connectivity index (χ4n) is 6.56. The molecule has 5 aromatic rings. The molecule has 0 aromatic heterocycles. The molecule has 5 rings (SSSR count). The Labute approximate surface area is 365 Å². The lowest BCUT2D eigenvalue weighted by Crippen LogP contribution is -1.94. The van der Waals surface area contributed by atoms with E-state index >= 15 is 0 Å². The van der Waals surface area contributed by atoms with Crippen molar-refractivity contribution in [1.82, 2.24) is 0 Å². The van der Waals surface area contributed by atoms with Gasteiger partial charge in [-0.2, -0.15) is 0 Å². The third-order valence-corrected chi connectivity index (χ3v) is 9.15. The van der Waals surface area contributed by atoms with Crippen molar-refractivity contribution in [2.75, 3.05) is 0 Å². The molecule has 0 aliphatic rings. The lowest BCUT2D eigenvalue weighted by atomic mass is 10.0. The quantitative estimate of drug-likeness (QED) is 0.132. The van der Waals surface area contributed by atoms with E-state index in [-0.39, 0.29) is 0 Å². The Balaban J connectivity index is 0.000000356. The number of hydrogen-bond acceptors (Lipinski definition) is 0. The second kappa shape index (κ2) is 28.4. The van der Waals surface area contributed by atoms with Crippen LogP contribution in [-0.4, -0.2) is 0 Å². The van der Waals surface area contributed by atoms with Crippen molar-refractivity contribution >= 4 is 34.8 Å². The van der Waals surface area contributed by atoms with Crippen LogP contribution in [0.25, 0.3) is 0 Å². The van der Waals surface area contributed by atoms with Crippen molar-refractivity contribution in [2.24, 2.45) is 29.6 Å². The van der Waals surface area contributed by atoms with Crippen LogP contribution in [0.4, 0.5) is 0 Å². The second-order valence-corrected chi connectivity index (χ2v) is 19.2. The van der Waals surface area contributed by atoms with E-state index in [0.29, 0.717) is 17.8 Å². The molecule has 0 saturated carbocycles. The molecular formula is C54H75Cl3. The van der Waals surface area contributed by atoms with E-state index in [1.807, 2.05) is 30.3 Å². The normalized spacial score (nSPS) is 10.6. The lowest BCUT2D eigenvalue weighted by molar-refractivity contribution is 0.647. The van der Waals surface area contributed by atoms with E-state index in [1.54, 1.807) is 0 Å². The van der Waals surface area contributed by atoms with Crippen LogP contribution in [0.15, 0.2) is 109 Å². The summed E-state index contributed by atoms with van der Waals surface area (Å²) in [6, 6.07) is 38.0. The molecule has 312 valence electrons. The van der Waals surface area contributed by atoms with Gasteiger partial charge in [-0.3, -0.25) is 0 Å². The summed E-state index contributed by atoms with van der Waals surface area (Å²) in [5.74, 6) is 3.62. The van der Waals surface area contributed by atoms with E-state index < -0.39 is 0 Å². The van der Waals surface area contributed by atoms with Gasteiger partial charge in [0.15, 0.2) is 0 Å². The highest BCUT2D eigenvalue weighted by molar-refractivity contribution is 6.31. The first-order valence-electron chi connectivity index (χ1n) is 21.1. The van der Waals surface area contributed by atoms with Gasteiger partial charge >= 0.3 is 0 Å². The van der Waals surface area contributed by atoms with Gasteiger partial charge in [-0.25, -0.2) is 0 Å². The zero-order valence-electron chi connectivity index (χ0n) is 37.9. The molecule has 0 spiro atoms. The number of hydrogen-bond donors (Lipinski definition) is 0. The van der Waals surface area contributed by atoms with Crippen molar-refractivity contribution in [3.05, 3.63) is 174 Å². The molecule has 0 aliphatic heterocycles. The standard InChI is InChI=1S/2C11H15Cl.2C11H16.C10H13Cl/c2*1-8(2)4-10-5-9(3)6-11(12)7-10;2*1-9(2)7-11-6-4-5-10(3)8-11;1-8(2)6-9-4-3-5-10(11)7-9/h2*5-8H,4H2,1-3H3;2*4-6,8-9H,7H2,1-3H3;3-5,7-8H,6H2,1-2H3. The van der Waals surface area contributed by atoms with Crippen molar-refractivity contribution in [1.29, 1.82) is 0 Å². The maximum absolute atomic E-state index is 5.93. The number of rotatable bonds is 10. The Morgan fingerprint density at radius 2 is 0.561 bits per heavy atom. The van der Waals surface area contributed by atoms with Crippen LogP contribution in [0.1, 0.15) is 119 Å². The summed E-state index contributed by atoms with van der Waals surface area (Å²) < 4.78 is 0. The summed E-state index contributed by atoms with van der Waals surface area (Å²) in [5, 5.41) is 2.54. The van der Waals surface area contributed by atoms with Gasteiger partial charge in [0.2, 0.25) is 0 Å². The first-order chi connectivity index (χ1) is 26.7. The van der Waals surface area contributed by atoms with E-state index in [0.717, 1.165) is 46.2 Å². The van der Waals surface area contributed by atoms with Crippen LogP contribution >= 0.6 is 34.8 Å². The zero-order chi connectivity index (χ0) is 43.1.